The van der Waals surface area contributed by atoms with Gasteiger partial charge in [-0.3, -0.25) is 14.5 Å². The molecule has 0 aromatic heterocycles. The van der Waals surface area contributed by atoms with Crippen LogP contribution >= 0.6 is 0 Å². The monoisotopic (exact) mass is 429 g/mol. The lowest BCUT2D eigenvalue weighted by molar-refractivity contribution is -0.119. The Morgan fingerprint density at radius 2 is 1.25 bits per heavy atom. The van der Waals surface area contributed by atoms with Crippen molar-refractivity contribution in [2.24, 2.45) is 10.2 Å². The number of hydrogen-bond acceptors (Lipinski definition) is 5. The Kier molecular flexibility index (Phi) is 7.83. The van der Waals surface area contributed by atoms with Gasteiger partial charge in [0.25, 0.3) is 0 Å². The molecule has 0 bridgehead atoms. The second-order valence-corrected chi connectivity index (χ2v) is 7.62. The first-order chi connectivity index (χ1) is 15.4. The number of anilines is 2. The molecule has 0 saturated heterocycles. The molecule has 0 atom stereocenters. The normalized spacial score (nSPS) is 11.0. The number of carbonyl (C=O) groups excluding carboxylic acids is 2. The summed E-state index contributed by atoms with van der Waals surface area (Å²) >= 11 is 0. The van der Waals surface area contributed by atoms with Crippen molar-refractivity contribution in [1.29, 1.82) is 0 Å². The standard InChI is InChI=1S/C25H27N5O2/c1-18-8-7-9-19(2)25(18)27-24(32)17-30(3)16-23(31)26-20-12-14-22(15-13-20)29-28-21-10-5-4-6-11-21/h4-15H,16-17H2,1-3H3,(H,26,31)(H,27,32). The van der Waals surface area contributed by atoms with Gasteiger partial charge in [0.05, 0.1) is 24.5 Å². The Morgan fingerprint density at radius 1 is 0.719 bits per heavy atom. The number of carbonyl (C=O) groups is 2. The fourth-order valence-corrected chi connectivity index (χ4v) is 3.16. The third kappa shape index (κ3) is 6.85. The van der Waals surface area contributed by atoms with Crippen LogP contribution in [0.1, 0.15) is 11.1 Å². The molecule has 0 heterocycles. The summed E-state index contributed by atoms with van der Waals surface area (Å²) in [4.78, 5) is 26.4. The molecule has 0 aliphatic carbocycles. The van der Waals surface area contributed by atoms with Crippen LogP contribution in [0.5, 0.6) is 0 Å². The van der Waals surface area contributed by atoms with Crippen LogP contribution in [-0.4, -0.2) is 36.9 Å². The molecule has 0 saturated carbocycles. The highest BCUT2D eigenvalue weighted by Crippen LogP contribution is 2.20. The number of amides is 2. The molecule has 3 aromatic rings. The first-order valence-corrected chi connectivity index (χ1v) is 10.3. The molecular formula is C25H27N5O2. The highest BCUT2D eigenvalue weighted by atomic mass is 16.2. The molecule has 0 radical (unpaired) electrons. The molecule has 3 aromatic carbocycles. The van der Waals surface area contributed by atoms with Crippen LogP contribution in [0.4, 0.5) is 22.7 Å². The number of benzene rings is 3. The van der Waals surface area contributed by atoms with Gasteiger partial charge in [0.1, 0.15) is 0 Å². The molecule has 0 spiro atoms. The number of nitrogens with one attached hydrogen (secondary N) is 2. The van der Waals surface area contributed by atoms with Gasteiger partial charge >= 0.3 is 0 Å². The van der Waals surface area contributed by atoms with Crippen molar-refractivity contribution in [3.05, 3.63) is 83.9 Å². The predicted molar refractivity (Wildman–Crippen MR) is 128 cm³/mol. The van der Waals surface area contributed by atoms with Crippen LogP contribution in [0.25, 0.3) is 0 Å². The Labute approximate surface area is 188 Å². The van der Waals surface area contributed by atoms with E-state index >= 15 is 0 Å². The van der Waals surface area contributed by atoms with Crippen LogP contribution in [0, 0.1) is 13.8 Å². The van der Waals surface area contributed by atoms with Gasteiger partial charge in [0.15, 0.2) is 0 Å². The SMILES string of the molecule is Cc1cccc(C)c1NC(=O)CN(C)CC(=O)Nc1ccc(N=Nc2ccccc2)cc1. The van der Waals surface area contributed by atoms with Gasteiger partial charge in [0, 0.05) is 11.4 Å². The van der Waals surface area contributed by atoms with Gasteiger partial charge < -0.3 is 10.6 Å². The number of azo groups is 1. The van der Waals surface area contributed by atoms with Gasteiger partial charge in [-0.2, -0.15) is 10.2 Å². The van der Waals surface area contributed by atoms with Crippen molar-refractivity contribution >= 4 is 34.6 Å². The van der Waals surface area contributed by atoms with Crippen molar-refractivity contribution in [3.63, 3.8) is 0 Å². The van der Waals surface area contributed by atoms with E-state index in [4.69, 9.17) is 0 Å². The molecule has 7 nitrogen and oxygen atoms in total. The van der Waals surface area contributed by atoms with Crippen LogP contribution in [0.3, 0.4) is 0 Å². The van der Waals surface area contributed by atoms with Crippen molar-refractivity contribution in [2.75, 3.05) is 30.8 Å². The van der Waals surface area contributed by atoms with Gasteiger partial charge in [0.2, 0.25) is 11.8 Å². The molecule has 2 amide bonds. The third-order valence-electron chi connectivity index (χ3n) is 4.76. The van der Waals surface area contributed by atoms with Crippen LogP contribution in [0.15, 0.2) is 83.0 Å². The van der Waals surface area contributed by atoms with Gasteiger partial charge in [-0.1, -0.05) is 36.4 Å². The third-order valence-corrected chi connectivity index (χ3v) is 4.76. The van der Waals surface area contributed by atoms with E-state index in [9.17, 15) is 9.59 Å². The number of hydrogen-bond donors (Lipinski definition) is 2. The zero-order valence-corrected chi connectivity index (χ0v) is 18.5. The average molecular weight is 430 g/mol. The lowest BCUT2D eigenvalue weighted by Crippen LogP contribution is -2.36. The Hall–Kier alpha value is -3.84. The van der Waals surface area contributed by atoms with Crippen LogP contribution in [-0.2, 0) is 9.59 Å². The van der Waals surface area contributed by atoms with Crippen molar-refractivity contribution in [1.82, 2.24) is 4.90 Å². The first-order valence-electron chi connectivity index (χ1n) is 10.3. The van der Waals surface area contributed by atoms with Crippen molar-refractivity contribution < 1.29 is 9.59 Å². The van der Waals surface area contributed by atoms with E-state index < -0.39 is 0 Å². The minimum absolute atomic E-state index is 0.0929. The highest BCUT2D eigenvalue weighted by molar-refractivity contribution is 5.95. The molecule has 0 aliphatic rings. The lowest BCUT2D eigenvalue weighted by Gasteiger charge is -2.17. The summed E-state index contributed by atoms with van der Waals surface area (Å²) in [5.41, 5.74) is 4.94. The molecule has 32 heavy (non-hydrogen) atoms. The maximum atomic E-state index is 12.4. The van der Waals surface area contributed by atoms with Gasteiger partial charge in [-0.15, -0.1) is 0 Å². The minimum Gasteiger partial charge on any atom is -0.325 e. The summed E-state index contributed by atoms with van der Waals surface area (Å²) in [6.45, 7) is 4.11. The molecule has 7 heteroatoms. The molecular weight excluding hydrogens is 402 g/mol. The quantitative estimate of drug-likeness (QED) is 0.481. The number of nitrogens with zero attached hydrogens (tertiary/aromatic N) is 3. The zero-order valence-electron chi connectivity index (χ0n) is 18.5. The summed E-state index contributed by atoms with van der Waals surface area (Å²) in [7, 11) is 1.73. The van der Waals surface area contributed by atoms with Crippen molar-refractivity contribution in [3.8, 4) is 0 Å². The minimum atomic E-state index is -0.203. The van der Waals surface area contributed by atoms with Crippen molar-refractivity contribution in [2.45, 2.75) is 13.8 Å². The number of rotatable bonds is 8. The Morgan fingerprint density at radius 3 is 1.84 bits per heavy atom. The van der Waals surface area contributed by atoms with Gasteiger partial charge in [-0.05, 0) is 68.4 Å². The smallest absolute Gasteiger partial charge is 0.238 e. The zero-order chi connectivity index (χ0) is 22.9. The Bertz CT molecular complexity index is 1070. The summed E-state index contributed by atoms with van der Waals surface area (Å²) in [5.74, 6) is -0.364. The second kappa shape index (κ2) is 11.0. The maximum Gasteiger partial charge on any atom is 0.238 e. The molecule has 0 aliphatic heterocycles. The summed E-state index contributed by atoms with van der Waals surface area (Å²) < 4.78 is 0. The topological polar surface area (TPSA) is 86.2 Å². The predicted octanol–water partition coefficient (Wildman–Crippen LogP) is 5.23. The number of aryl methyl sites for hydroxylation is 2. The van der Waals surface area contributed by atoms with E-state index in [1.54, 1.807) is 36.2 Å². The van der Waals surface area contributed by atoms with E-state index in [1.807, 2.05) is 62.4 Å². The van der Waals surface area contributed by atoms with Crippen LogP contribution in [0.2, 0.25) is 0 Å². The largest absolute Gasteiger partial charge is 0.325 e. The molecule has 2 N–H and O–H groups in total. The van der Waals surface area contributed by atoms with E-state index in [0.717, 1.165) is 22.5 Å². The number of para-hydroxylation sites is 1. The van der Waals surface area contributed by atoms with Gasteiger partial charge in [-0.25, -0.2) is 0 Å². The molecule has 3 rings (SSSR count). The van der Waals surface area contributed by atoms with E-state index in [1.165, 1.54) is 0 Å². The maximum absolute atomic E-state index is 12.4. The molecule has 0 unspecified atom stereocenters. The fourth-order valence-electron chi connectivity index (χ4n) is 3.16. The van der Waals surface area contributed by atoms with E-state index in [2.05, 4.69) is 20.9 Å². The van der Waals surface area contributed by atoms with Crippen LogP contribution < -0.4 is 10.6 Å². The fraction of sp³-hybridized carbons (Fsp3) is 0.200. The molecule has 164 valence electrons. The van der Waals surface area contributed by atoms with E-state index in [-0.39, 0.29) is 24.9 Å². The summed E-state index contributed by atoms with van der Waals surface area (Å²) in [6, 6.07) is 22.4. The van der Waals surface area contributed by atoms with E-state index in [0.29, 0.717) is 11.4 Å². The Balaban J connectivity index is 1.47. The average Bonchev–Trinajstić information content (AvgIpc) is 2.76. The summed E-state index contributed by atoms with van der Waals surface area (Å²) in [5, 5.41) is 14.1. The number of likely N-dealkylation sites (N-methyl/N-ethyl adjacent to an activating group) is 1. The molecule has 0 fully saturated rings. The summed E-state index contributed by atoms with van der Waals surface area (Å²) in [6.07, 6.45) is 0. The highest BCUT2D eigenvalue weighted by Gasteiger charge is 2.13. The first kappa shape index (κ1) is 22.8. The second-order valence-electron chi connectivity index (χ2n) is 7.62. The lowest BCUT2D eigenvalue weighted by atomic mass is 10.1.